The molecule has 1 aliphatic rings. The van der Waals surface area contributed by atoms with Crippen LogP contribution in [0.2, 0.25) is 0 Å². The molecule has 0 aromatic heterocycles. The van der Waals surface area contributed by atoms with Crippen LogP contribution in [0.15, 0.2) is 18.2 Å². The lowest BCUT2D eigenvalue weighted by molar-refractivity contribution is 0.230. The van der Waals surface area contributed by atoms with E-state index >= 15 is 0 Å². The zero-order valence-electron chi connectivity index (χ0n) is 10.00. The molecule has 1 aromatic rings. The Morgan fingerprint density at radius 2 is 2.12 bits per heavy atom. The van der Waals surface area contributed by atoms with Crippen molar-refractivity contribution in [3.8, 4) is 0 Å². The lowest BCUT2D eigenvalue weighted by Gasteiger charge is -2.14. The summed E-state index contributed by atoms with van der Waals surface area (Å²) in [5.41, 5.74) is 4.22. The Labute approximate surface area is 97.7 Å². The van der Waals surface area contributed by atoms with Crippen molar-refractivity contribution in [1.82, 2.24) is 0 Å². The van der Waals surface area contributed by atoms with Gasteiger partial charge in [0.15, 0.2) is 0 Å². The number of nitrogens with one attached hydrogen (secondary N) is 1. The van der Waals surface area contributed by atoms with Crippen LogP contribution in [0.3, 0.4) is 0 Å². The van der Waals surface area contributed by atoms with Crippen molar-refractivity contribution in [3.63, 3.8) is 0 Å². The van der Waals surface area contributed by atoms with Crippen LogP contribution in [-0.4, -0.2) is 18.3 Å². The van der Waals surface area contributed by atoms with Crippen LogP contribution in [0.4, 0.5) is 5.69 Å². The number of aliphatic hydroxyl groups excluding tert-OH is 1. The molecule has 0 spiro atoms. The lowest BCUT2D eigenvalue weighted by Crippen LogP contribution is -2.17. The van der Waals surface area contributed by atoms with Gasteiger partial charge in [-0.25, -0.2) is 0 Å². The highest BCUT2D eigenvalue weighted by molar-refractivity contribution is 5.50. The molecule has 2 rings (SSSR count). The van der Waals surface area contributed by atoms with Crippen LogP contribution in [0.1, 0.15) is 30.9 Å². The summed E-state index contributed by atoms with van der Waals surface area (Å²) in [6.07, 6.45) is 4.79. The maximum Gasteiger partial charge on any atom is 0.0475 e. The fraction of sp³-hybridized carbons (Fsp3) is 0.571. The molecule has 2 N–H and O–H groups in total. The van der Waals surface area contributed by atoms with Crippen molar-refractivity contribution in [3.05, 3.63) is 29.3 Å². The van der Waals surface area contributed by atoms with E-state index in [1.54, 1.807) is 0 Å². The number of fused-ring (bicyclic) bond motifs is 1. The van der Waals surface area contributed by atoms with Gasteiger partial charge in [0.1, 0.15) is 0 Å². The average Bonchev–Trinajstić information content (AvgIpc) is 2.77. The number of aliphatic hydroxyl groups is 1. The Morgan fingerprint density at radius 3 is 2.88 bits per heavy atom. The highest BCUT2D eigenvalue weighted by atomic mass is 16.3. The molecule has 2 nitrogen and oxygen atoms in total. The maximum absolute atomic E-state index is 9.12. The summed E-state index contributed by atoms with van der Waals surface area (Å²) < 4.78 is 0. The van der Waals surface area contributed by atoms with Gasteiger partial charge in [-0.15, -0.1) is 0 Å². The molecule has 0 fully saturated rings. The molecule has 16 heavy (non-hydrogen) atoms. The summed E-state index contributed by atoms with van der Waals surface area (Å²) in [4.78, 5) is 0. The third-order valence-corrected chi connectivity index (χ3v) is 3.53. The number of benzene rings is 1. The monoisotopic (exact) mass is 219 g/mol. The van der Waals surface area contributed by atoms with Crippen molar-refractivity contribution in [1.29, 1.82) is 0 Å². The van der Waals surface area contributed by atoms with Crippen molar-refractivity contribution in [2.45, 2.75) is 32.6 Å². The fourth-order valence-electron chi connectivity index (χ4n) is 2.28. The van der Waals surface area contributed by atoms with E-state index in [9.17, 15) is 0 Å². The number of hydrogen-bond acceptors (Lipinski definition) is 2. The Morgan fingerprint density at radius 1 is 1.31 bits per heavy atom. The molecule has 0 amide bonds. The summed E-state index contributed by atoms with van der Waals surface area (Å²) in [6, 6.07) is 6.67. The second-order valence-electron chi connectivity index (χ2n) is 4.67. The summed E-state index contributed by atoms with van der Waals surface area (Å²) in [6.45, 7) is 3.26. The first-order chi connectivity index (χ1) is 7.83. The third kappa shape index (κ3) is 2.56. The Hall–Kier alpha value is -1.02. The standard InChI is InChI=1S/C14H21NO/c1-2-11(10-16)9-15-14-7-6-12-4-3-5-13(12)8-14/h6-8,11,15-16H,2-5,9-10H2,1H3. The summed E-state index contributed by atoms with van der Waals surface area (Å²) in [5.74, 6) is 0.369. The van der Waals surface area contributed by atoms with Gasteiger partial charge in [-0.2, -0.15) is 0 Å². The maximum atomic E-state index is 9.12. The molecular weight excluding hydrogens is 198 g/mol. The lowest BCUT2D eigenvalue weighted by atomic mass is 10.1. The molecule has 0 bridgehead atoms. The molecule has 1 aromatic carbocycles. The van der Waals surface area contributed by atoms with E-state index in [0.29, 0.717) is 5.92 Å². The van der Waals surface area contributed by atoms with Gasteiger partial charge < -0.3 is 10.4 Å². The first-order valence-corrected chi connectivity index (χ1v) is 6.30. The molecule has 0 radical (unpaired) electrons. The molecule has 2 heteroatoms. The Kier molecular flexibility index (Phi) is 3.83. The quantitative estimate of drug-likeness (QED) is 0.798. The molecule has 0 saturated carbocycles. The van der Waals surface area contributed by atoms with E-state index in [4.69, 9.17) is 5.11 Å². The van der Waals surface area contributed by atoms with Crippen LogP contribution in [0.25, 0.3) is 0 Å². The van der Waals surface area contributed by atoms with E-state index in [2.05, 4.69) is 30.4 Å². The molecule has 0 aliphatic heterocycles. The van der Waals surface area contributed by atoms with Gasteiger partial charge >= 0.3 is 0 Å². The first kappa shape index (κ1) is 11.5. The molecule has 88 valence electrons. The predicted octanol–water partition coefficient (Wildman–Crippen LogP) is 2.61. The molecule has 0 heterocycles. The number of aryl methyl sites for hydroxylation is 2. The largest absolute Gasteiger partial charge is 0.396 e. The van der Waals surface area contributed by atoms with Gasteiger partial charge in [0, 0.05) is 18.8 Å². The number of rotatable bonds is 5. The number of anilines is 1. The second-order valence-corrected chi connectivity index (χ2v) is 4.67. The number of hydrogen-bond donors (Lipinski definition) is 2. The third-order valence-electron chi connectivity index (χ3n) is 3.53. The van der Waals surface area contributed by atoms with Gasteiger partial charge in [-0.3, -0.25) is 0 Å². The normalized spacial score (nSPS) is 15.9. The van der Waals surface area contributed by atoms with Crippen LogP contribution in [0.5, 0.6) is 0 Å². The van der Waals surface area contributed by atoms with E-state index in [1.807, 2.05) is 0 Å². The van der Waals surface area contributed by atoms with Crippen molar-refractivity contribution in [2.24, 2.45) is 5.92 Å². The van der Waals surface area contributed by atoms with Gasteiger partial charge in [0.05, 0.1) is 0 Å². The zero-order chi connectivity index (χ0) is 11.4. The van der Waals surface area contributed by atoms with Crippen molar-refractivity contribution in [2.75, 3.05) is 18.5 Å². The molecule has 0 saturated heterocycles. The van der Waals surface area contributed by atoms with Crippen molar-refractivity contribution >= 4 is 5.69 Å². The molecule has 1 unspecified atom stereocenters. The Balaban J connectivity index is 1.95. The minimum Gasteiger partial charge on any atom is -0.396 e. The smallest absolute Gasteiger partial charge is 0.0475 e. The second kappa shape index (κ2) is 5.35. The van der Waals surface area contributed by atoms with E-state index in [0.717, 1.165) is 13.0 Å². The molecule has 1 aliphatic carbocycles. The molecule has 1 atom stereocenters. The van der Waals surface area contributed by atoms with Crippen molar-refractivity contribution < 1.29 is 5.11 Å². The zero-order valence-corrected chi connectivity index (χ0v) is 10.00. The van der Waals surface area contributed by atoms with Gasteiger partial charge in [-0.05, 0) is 54.9 Å². The van der Waals surface area contributed by atoms with Crippen LogP contribution in [0, 0.1) is 5.92 Å². The van der Waals surface area contributed by atoms with Crippen LogP contribution in [-0.2, 0) is 12.8 Å². The van der Waals surface area contributed by atoms with E-state index in [1.165, 1.54) is 36.1 Å². The highest BCUT2D eigenvalue weighted by Gasteiger charge is 2.11. The Bertz CT molecular complexity index is 345. The summed E-state index contributed by atoms with van der Waals surface area (Å²) in [5, 5.41) is 12.5. The fourth-order valence-corrected chi connectivity index (χ4v) is 2.28. The SMILES string of the molecule is CCC(CO)CNc1ccc2c(c1)CCC2. The topological polar surface area (TPSA) is 32.3 Å². The van der Waals surface area contributed by atoms with Gasteiger partial charge in [0.2, 0.25) is 0 Å². The summed E-state index contributed by atoms with van der Waals surface area (Å²) in [7, 11) is 0. The van der Waals surface area contributed by atoms with Crippen LogP contribution < -0.4 is 5.32 Å². The average molecular weight is 219 g/mol. The minimum absolute atomic E-state index is 0.272. The predicted molar refractivity (Wildman–Crippen MR) is 67.8 cm³/mol. The highest BCUT2D eigenvalue weighted by Crippen LogP contribution is 2.24. The van der Waals surface area contributed by atoms with Gasteiger partial charge in [-0.1, -0.05) is 13.0 Å². The van der Waals surface area contributed by atoms with E-state index in [-0.39, 0.29) is 6.61 Å². The first-order valence-electron chi connectivity index (χ1n) is 6.30. The minimum atomic E-state index is 0.272. The summed E-state index contributed by atoms with van der Waals surface area (Å²) >= 11 is 0. The molecular formula is C14H21NO. The van der Waals surface area contributed by atoms with Gasteiger partial charge in [0.25, 0.3) is 0 Å². The van der Waals surface area contributed by atoms with Crippen LogP contribution >= 0.6 is 0 Å². The van der Waals surface area contributed by atoms with E-state index < -0.39 is 0 Å².